The first-order chi connectivity index (χ1) is 8.83. The highest BCUT2D eigenvalue weighted by molar-refractivity contribution is 7.10. The van der Waals surface area contributed by atoms with Gasteiger partial charge in [0.05, 0.1) is 10.7 Å². The highest BCUT2D eigenvalue weighted by Crippen LogP contribution is 2.31. The van der Waals surface area contributed by atoms with E-state index >= 15 is 0 Å². The van der Waals surface area contributed by atoms with E-state index in [0.29, 0.717) is 5.92 Å². The van der Waals surface area contributed by atoms with Crippen molar-refractivity contribution in [2.24, 2.45) is 0 Å². The molecule has 1 N–H and O–H groups in total. The minimum Gasteiger partial charge on any atom is -0.317 e. The molecule has 1 saturated heterocycles. The van der Waals surface area contributed by atoms with E-state index in [2.05, 4.69) is 10.7 Å². The summed E-state index contributed by atoms with van der Waals surface area (Å²) in [6.07, 6.45) is 2.40. The lowest BCUT2D eigenvalue weighted by molar-refractivity contribution is 0.459. The van der Waals surface area contributed by atoms with Crippen LogP contribution in [0.3, 0.4) is 0 Å². The van der Waals surface area contributed by atoms with E-state index in [9.17, 15) is 0 Å². The number of aromatic nitrogens is 1. The van der Waals surface area contributed by atoms with Crippen LogP contribution < -0.4 is 5.32 Å². The summed E-state index contributed by atoms with van der Waals surface area (Å²) in [5, 5.41) is 7.59. The van der Waals surface area contributed by atoms with Crippen LogP contribution >= 0.6 is 22.9 Å². The highest BCUT2D eigenvalue weighted by atomic mass is 35.5. The average molecular weight is 279 g/mol. The number of hydrogen-bond donors (Lipinski definition) is 1. The predicted molar refractivity (Wildman–Crippen MR) is 77.4 cm³/mol. The van der Waals surface area contributed by atoms with Crippen molar-refractivity contribution >= 4 is 22.9 Å². The van der Waals surface area contributed by atoms with Crippen LogP contribution in [0.2, 0.25) is 5.02 Å². The zero-order chi connectivity index (χ0) is 12.4. The van der Waals surface area contributed by atoms with Crippen molar-refractivity contribution in [3.63, 3.8) is 0 Å². The fraction of sp³-hybridized carbons (Fsp3) is 0.357. The fourth-order valence-corrected chi connectivity index (χ4v) is 3.42. The third-order valence-electron chi connectivity index (χ3n) is 3.35. The maximum Gasteiger partial charge on any atom is 0.0964 e. The van der Waals surface area contributed by atoms with E-state index in [1.54, 1.807) is 11.3 Å². The summed E-state index contributed by atoms with van der Waals surface area (Å²) in [4.78, 5) is 4.78. The van der Waals surface area contributed by atoms with Gasteiger partial charge in [0.2, 0.25) is 0 Å². The summed E-state index contributed by atoms with van der Waals surface area (Å²) < 4.78 is 0. The molecule has 0 amide bonds. The largest absolute Gasteiger partial charge is 0.317 e. The lowest BCUT2D eigenvalue weighted by atomic mass is 9.99. The summed E-state index contributed by atoms with van der Waals surface area (Å²) in [6.45, 7) is 2.22. The van der Waals surface area contributed by atoms with Crippen molar-refractivity contribution < 1.29 is 0 Å². The Labute approximate surface area is 116 Å². The number of rotatable bonds is 2. The smallest absolute Gasteiger partial charge is 0.0964 e. The third-order valence-corrected chi connectivity index (χ3v) is 4.61. The van der Waals surface area contributed by atoms with Crippen LogP contribution in [0, 0.1) is 0 Å². The summed E-state index contributed by atoms with van der Waals surface area (Å²) >= 11 is 7.68. The standard InChI is InChI=1S/C14H15ClN2S/c15-12-3-1-10(2-4-12)13-9-18-14(17-13)11-5-7-16-8-6-11/h1-4,9,11,16H,5-8H2. The molecular formula is C14H15ClN2S. The molecule has 1 aliphatic heterocycles. The average Bonchev–Trinajstić information content (AvgIpc) is 2.90. The second kappa shape index (κ2) is 5.39. The number of nitrogens with one attached hydrogen (secondary N) is 1. The monoisotopic (exact) mass is 278 g/mol. The minimum atomic E-state index is 0.636. The van der Waals surface area contributed by atoms with Gasteiger partial charge in [-0.15, -0.1) is 11.3 Å². The molecule has 2 nitrogen and oxygen atoms in total. The number of hydrogen-bond acceptors (Lipinski definition) is 3. The molecule has 2 aromatic rings. The first-order valence-electron chi connectivity index (χ1n) is 6.25. The Morgan fingerprint density at radius 3 is 2.61 bits per heavy atom. The number of piperidine rings is 1. The maximum absolute atomic E-state index is 5.90. The van der Waals surface area contributed by atoms with Crippen LogP contribution in [0.5, 0.6) is 0 Å². The van der Waals surface area contributed by atoms with E-state index in [0.717, 1.165) is 29.4 Å². The minimum absolute atomic E-state index is 0.636. The van der Waals surface area contributed by atoms with Gasteiger partial charge in [0, 0.05) is 21.9 Å². The molecule has 94 valence electrons. The fourth-order valence-electron chi connectivity index (χ4n) is 2.30. The SMILES string of the molecule is Clc1ccc(-c2csc(C3CCNCC3)n2)cc1. The Morgan fingerprint density at radius 2 is 1.89 bits per heavy atom. The Bertz CT molecular complexity index is 515. The maximum atomic E-state index is 5.90. The molecule has 1 aromatic carbocycles. The van der Waals surface area contributed by atoms with Gasteiger partial charge < -0.3 is 5.32 Å². The Kier molecular flexibility index (Phi) is 3.64. The van der Waals surface area contributed by atoms with Crippen molar-refractivity contribution in [1.29, 1.82) is 0 Å². The summed E-state index contributed by atoms with van der Waals surface area (Å²) in [5.74, 6) is 0.636. The van der Waals surface area contributed by atoms with Crippen LogP contribution in [-0.2, 0) is 0 Å². The molecule has 0 atom stereocenters. The van der Waals surface area contributed by atoms with Gasteiger partial charge in [-0.05, 0) is 38.1 Å². The summed E-state index contributed by atoms with van der Waals surface area (Å²) in [7, 11) is 0. The van der Waals surface area contributed by atoms with Crippen molar-refractivity contribution in [2.75, 3.05) is 13.1 Å². The molecule has 1 fully saturated rings. The van der Waals surface area contributed by atoms with E-state index < -0.39 is 0 Å². The Morgan fingerprint density at radius 1 is 1.17 bits per heavy atom. The number of nitrogens with zero attached hydrogens (tertiary/aromatic N) is 1. The van der Waals surface area contributed by atoms with E-state index in [-0.39, 0.29) is 0 Å². The molecular weight excluding hydrogens is 264 g/mol. The van der Waals surface area contributed by atoms with Gasteiger partial charge in [0.25, 0.3) is 0 Å². The van der Waals surface area contributed by atoms with Crippen LogP contribution in [0.4, 0.5) is 0 Å². The van der Waals surface area contributed by atoms with E-state index in [1.165, 1.54) is 17.8 Å². The number of benzene rings is 1. The van der Waals surface area contributed by atoms with E-state index in [1.807, 2.05) is 24.3 Å². The summed E-state index contributed by atoms with van der Waals surface area (Å²) in [5.41, 5.74) is 2.22. The lowest BCUT2D eigenvalue weighted by Gasteiger charge is -2.20. The molecule has 0 spiro atoms. The predicted octanol–water partition coefficient (Wildman–Crippen LogP) is 3.93. The molecule has 0 bridgehead atoms. The molecule has 0 saturated carbocycles. The Balaban J connectivity index is 1.82. The zero-order valence-corrected chi connectivity index (χ0v) is 11.6. The first-order valence-corrected chi connectivity index (χ1v) is 7.51. The van der Waals surface area contributed by atoms with Gasteiger partial charge >= 0.3 is 0 Å². The molecule has 3 rings (SSSR count). The van der Waals surface area contributed by atoms with Gasteiger partial charge in [-0.25, -0.2) is 4.98 Å². The first kappa shape index (κ1) is 12.2. The van der Waals surface area contributed by atoms with E-state index in [4.69, 9.17) is 16.6 Å². The van der Waals surface area contributed by atoms with Crippen LogP contribution in [0.1, 0.15) is 23.8 Å². The van der Waals surface area contributed by atoms with Crippen LogP contribution in [0.15, 0.2) is 29.6 Å². The summed E-state index contributed by atoms with van der Waals surface area (Å²) in [6, 6.07) is 7.90. The molecule has 0 radical (unpaired) electrons. The molecule has 0 aliphatic carbocycles. The van der Waals surface area contributed by atoms with Crippen LogP contribution in [-0.4, -0.2) is 18.1 Å². The van der Waals surface area contributed by atoms with Gasteiger partial charge in [-0.2, -0.15) is 0 Å². The topological polar surface area (TPSA) is 24.9 Å². The molecule has 0 unspecified atom stereocenters. The van der Waals surface area contributed by atoms with Crippen LogP contribution in [0.25, 0.3) is 11.3 Å². The molecule has 2 heterocycles. The van der Waals surface area contributed by atoms with Gasteiger partial charge in [-0.1, -0.05) is 23.7 Å². The van der Waals surface area contributed by atoms with Gasteiger partial charge in [-0.3, -0.25) is 0 Å². The van der Waals surface area contributed by atoms with Crippen molar-refractivity contribution in [2.45, 2.75) is 18.8 Å². The molecule has 1 aliphatic rings. The van der Waals surface area contributed by atoms with Crippen molar-refractivity contribution in [3.8, 4) is 11.3 Å². The normalized spacial score (nSPS) is 16.9. The highest BCUT2D eigenvalue weighted by Gasteiger charge is 2.18. The third kappa shape index (κ3) is 2.58. The zero-order valence-electron chi connectivity index (χ0n) is 10.0. The Hall–Kier alpha value is -0.900. The van der Waals surface area contributed by atoms with Gasteiger partial charge in [0.1, 0.15) is 0 Å². The number of halogens is 1. The quantitative estimate of drug-likeness (QED) is 0.900. The molecule has 18 heavy (non-hydrogen) atoms. The second-order valence-corrected chi connectivity index (χ2v) is 5.93. The van der Waals surface area contributed by atoms with Gasteiger partial charge in [0.15, 0.2) is 0 Å². The lowest BCUT2D eigenvalue weighted by Crippen LogP contribution is -2.26. The second-order valence-electron chi connectivity index (χ2n) is 4.60. The molecule has 1 aromatic heterocycles. The van der Waals surface area contributed by atoms with Crippen molar-refractivity contribution in [1.82, 2.24) is 10.3 Å². The van der Waals surface area contributed by atoms with Crippen molar-refractivity contribution in [3.05, 3.63) is 39.7 Å². The molecule has 4 heteroatoms. The number of thiazole rings is 1.